The van der Waals surface area contributed by atoms with Crippen LogP contribution in [-0.2, 0) is 11.1 Å². The SMILES string of the molecule is CC(C)(C)n1cc(C2(N)CCC(F)(F)CC2)cn1. The molecule has 0 saturated heterocycles. The van der Waals surface area contributed by atoms with Gasteiger partial charge in [0.1, 0.15) is 0 Å². The zero-order chi connectivity index (χ0) is 13.6. The van der Waals surface area contributed by atoms with E-state index >= 15 is 0 Å². The largest absolute Gasteiger partial charge is 0.321 e. The van der Waals surface area contributed by atoms with Crippen LogP contribution in [0.25, 0.3) is 0 Å². The van der Waals surface area contributed by atoms with Crippen molar-refractivity contribution in [2.45, 2.75) is 63.5 Å². The summed E-state index contributed by atoms with van der Waals surface area (Å²) in [6.07, 6.45) is 3.97. The van der Waals surface area contributed by atoms with Gasteiger partial charge in [-0.2, -0.15) is 5.10 Å². The van der Waals surface area contributed by atoms with Gasteiger partial charge in [0.25, 0.3) is 0 Å². The number of halogens is 2. The molecule has 1 aliphatic rings. The first kappa shape index (κ1) is 13.5. The normalized spacial score (nSPS) is 23.0. The monoisotopic (exact) mass is 257 g/mol. The van der Waals surface area contributed by atoms with E-state index in [-0.39, 0.29) is 18.4 Å². The summed E-state index contributed by atoms with van der Waals surface area (Å²) in [4.78, 5) is 0. The molecule has 0 radical (unpaired) electrons. The van der Waals surface area contributed by atoms with Gasteiger partial charge in [0, 0.05) is 30.1 Å². The molecule has 0 atom stereocenters. The van der Waals surface area contributed by atoms with E-state index in [0.717, 1.165) is 5.56 Å². The van der Waals surface area contributed by atoms with Crippen LogP contribution in [0.3, 0.4) is 0 Å². The van der Waals surface area contributed by atoms with Crippen LogP contribution in [0, 0.1) is 0 Å². The number of aromatic nitrogens is 2. The predicted octanol–water partition coefficient (Wildman–Crippen LogP) is 3.00. The van der Waals surface area contributed by atoms with E-state index in [9.17, 15) is 8.78 Å². The van der Waals surface area contributed by atoms with Gasteiger partial charge in [-0.05, 0) is 33.6 Å². The van der Waals surface area contributed by atoms with Crippen molar-refractivity contribution < 1.29 is 8.78 Å². The Balaban J connectivity index is 2.19. The van der Waals surface area contributed by atoms with Crippen molar-refractivity contribution >= 4 is 0 Å². The maximum absolute atomic E-state index is 13.2. The molecule has 1 fully saturated rings. The molecule has 0 aromatic carbocycles. The third kappa shape index (κ3) is 2.55. The quantitative estimate of drug-likeness (QED) is 0.840. The van der Waals surface area contributed by atoms with Gasteiger partial charge in [0.2, 0.25) is 5.92 Å². The van der Waals surface area contributed by atoms with Gasteiger partial charge >= 0.3 is 0 Å². The minimum Gasteiger partial charge on any atom is -0.321 e. The Bertz CT molecular complexity index is 422. The van der Waals surface area contributed by atoms with E-state index in [1.165, 1.54) is 0 Å². The average molecular weight is 257 g/mol. The highest BCUT2D eigenvalue weighted by Gasteiger charge is 2.42. The Morgan fingerprint density at radius 1 is 1.22 bits per heavy atom. The van der Waals surface area contributed by atoms with Crippen LogP contribution in [0.1, 0.15) is 52.0 Å². The van der Waals surface area contributed by atoms with Crippen LogP contribution in [0.15, 0.2) is 12.4 Å². The van der Waals surface area contributed by atoms with Crippen molar-refractivity contribution in [2.75, 3.05) is 0 Å². The van der Waals surface area contributed by atoms with Crippen molar-refractivity contribution in [3.63, 3.8) is 0 Å². The number of hydrogen-bond acceptors (Lipinski definition) is 2. The summed E-state index contributed by atoms with van der Waals surface area (Å²) in [5.41, 5.74) is 6.37. The second-order valence-electron chi connectivity index (χ2n) is 6.36. The second-order valence-corrected chi connectivity index (χ2v) is 6.36. The highest BCUT2D eigenvalue weighted by atomic mass is 19.3. The molecule has 0 bridgehead atoms. The fourth-order valence-electron chi connectivity index (χ4n) is 2.30. The molecular formula is C13H21F2N3. The standard InChI is InChI=1S/C13H21F2N3/c1-11(2,3)18-9-10(8-17-18)12(16)4-6-13(14,15)7-5-12/h8-9H,4-7,16H2,1-3H3. The Kier molecular flexibility index (Phi) is 3.00. The molecule has 1 aromatic heterocycles. The van der Waals surface area contributed by atoms with E-state index in [1.807, 2.05) is 31.6 Å². The lowest BCUT2D eigenvalue weighted by atomic mass is 9.77. The fourth-order valence-corrected chi connectivity index (χ4v) is 2.30. The molecule has 0 unspecified atom stereocenters. The Labute approximate surface area is 106 Å². The number of rotatable bonds is 1. The van der Waals surface area contributed by atoms with Crippen molar-refractivity contribution in [1.82, 2.24) is 9.78 Å². The summed E-state index contributed by atoms with van der Waals surface area (Å²) in [7, 11) is 0. The van der Waals surface area contributed by atoms with Crippen LogP contribution in [0.5, 0.6) is 0 Å². The van der Waals surface area contributed by atoms with Crippen LogP contribution in [-0.4, -0.2) is 15.7 Å². The first-order valence-electron chi connectivity index (χ1n) is 6.35. The van der Waals surface area contributed by atoms with Crippen LogP contribution < -0.4 is 5.73 Å². The molecule has 1 aromatic rings. The molecule has 3 nitrogen and oxygen atoms in total. The van der Waals surface area contributed by atoms with Gasteiger partial charge in [0.05, 0.1) is 11.7 Å². The molecule has 1 aliphatic carbocycles. The third-order valence-electron chi connectivity index (χ3n) is 3.72. The minimum absolute atomic E-state index is 0.118. The maximum atomic E-state index is 13.2. The van der Waals surface area contributed by atoms with Crippen LogP contribution in [0.4, 0.5) is 8.78 Å². The van der Waals surface area contributed by atoms with Crippen LogP contribution in [0.2, 0.25) is 0 Å². The van der Waals surface area contributed by atoms with Crippen molar-refractivity contribution in [2.24, 2.45) is 5.73 Å². The highest BCUT2D eigenvalue weighted by molar-refractivity contribution is 5.19. The van der Waals surface area contributed by atoms with Crippen molar-refractivity contribution in [3.05, 3.63) is 18.0 Å². The average Bonchev–Trinajstić information content (AvgIpc) is 2.72. The van der Waals surface area contributed by atoms with E-state index < -0.39 is 11.5 Å². The molecule has 1 saturated carbocycles. The van der Waals surface area contributed by atoms with Gasteiger partial charge in [-0.25, -0.2) is 8.78 Å². The molecule has 0 aliphatic heterocycles. The van der Waals surface area contributed by atoms with Crippen molar-refractivity contribution in [1.29, 1.82) is 0 Å². The summed E-state index contributed by atoms with van der Waals surface area (Å²) in [5, 5.41) is 4.29. The molecule has 2 N–H and O–H groups in total. The van der Waals surface area contributed by atoms with E-state index in [1.54, 1.807) is 6.20 Å². The molecule has 2 rings (SSSR count). The van der Waals surface area contributed by atoms with Gasteiger partial charge in [0.15, 0.2) is 0 Å². The predicted molar refractivity (Wildman–Crippen MR) is 66.5 cm³/mol. The molecule has 5 heteroatoms. The topological polar surface area (TPSA) is 43.8 Å². The van der Waals surface area contributed by atoms with E-state index in [0.29, 0.717) is 12.8 Å². The zero-order valence-electron chi connectivity index (χ0n) is 11.2. The lowest BCUT2D eigenvalue weighted by Crippen LogP contribution is -2.43. The van der Waals surface area contributed by atoms with Crippen LogP contribution >= 0.6 is 0 Å². The molecule has 0 spiro atoms. The van der Waals surface area contributed by atoms with E-state index in [4.69, 9.17) is 5.73 Å². The maximum Gasteiger partial charge on any atom is 0.248 e. The summed E-state index contributed by atoms with van der Waals surface area (Å²) >= 11 is 0. The summed E-state index contributed by atoms with van der Waals surface area (Å²) in [6, 6.07) is 0. The zero-order valence-corrected chi connectivity index (χ0v) is 11.2. The molecule has 0 amide bonds. The van der Waals surface area contributed by atoms with Crippen molar-refractivity contribution in [3.8, 4) is 0 Å². The first-order chi connectivity index (χ1) is 8.12. The Morgan fingerprint density at radius 2 is 1.78 bits per heavy atom. The number of alkyl halides is 2. The third-order valence-corrected chi connectivity index (χ3v) is 3.72. The molecule has 102 valence electrons. The molecule has 18 heavy (non-hydrogen) atoms. The highest BCUT2D eigenvalue weighted by Crippen LogP contribution is 2.42. The van der Waals surface area contributed by atoms with Gasteiger partial charge < -0.3 is 5.73 Å². The smallest absolute Gasteiger partial charge is 0.248 e. The van der Waals surface area contributed by atoms with Gasteiger partial charge in [-0.3, -0.25) is 4.68 Å². The lowest BCUT2D eigenvalue weighted by molar-refractivity contribution is -0.0514. The number of nitrogens with two attached hydrogens (primary N) is 1. The van der Waals surface area contributed by atoms with Gasteiger partial charge in [-0.15, -0.1) is 0 Å². The number of nitrogens with zero attached hydrogens (tertiary/aromatic N) is 2. The fraction of sp³-hybridized carbons (Fsp3) is 0.769. The molecule has 1 heterocycles. The van der Waals surface area contributed by atoms with E-state index in [2.05, 4.69) is 5.10 Å². The summed E-state index contributed by atoms with van der Waals surface area (Å²) in [5.74, 6) is -2.55. The minimum atomic E-state index is -2.55. The summed E-state index contributed by atoms with van der Waals surface area (Å²) < 4.78 is 28.2. The Hall–Kier alpha value is -0.970. The second kappa shape index (κ2) is 4.02. The Morgan fingerprint density at radius 3 is 2.22 bits per heavy atom. The first-order valence-corrected chi connectivity index (χ1v) is 6.35. The van der Waals surface area contributed by atoms with Gasteiger partial charge in [-0.1, -0.05) is 0 Å². The summed E-state index contributed by atoms with van der Waals surface area (Å²) in [6.45, 7) is 6.13. The number of hydrogen-bond donors (Lipinski definition) is 1. The molecular weight excluding hydrogens is 236 g/mol. The lowest BCUT2D eigenvalue weighted by Gasteiger charge is -2.36.